The number of nitrogens with one attached hydrogen (secondary N) is 2. The Morgan fingerprint density at radius 3 is 2.59 bits per heavy atom. The minimum absolute atomic E-state index is 0.0651. The molecule has 3 aliphatic rings. The molecule has 2 heterocycles. The molecule has 0 bridgehead atoms. The topological polar surface area (TPSA) is 70.2 Å². The fourth-order valence-electron chi connectivity index (χ4n) is 2.66. The summed E-state index contributed by atoms with van der Waals surface area (Å²) in [6.45, 7) is 2.18. The van der Waals surface area contributed by atoms with E-state index < -0.39 is 0 Å². The van der Waals surface area contributed by atoms with Crippen LogP contribution in [0, 0.1) is 0 Å². The SMILES string of the molecule is CCCC1(OC(=O)C2(C3N[I-]3)N[I-]2)CCCC1. The average molecular weight is 464 g/mol. The molecule has 0 amide bonds. The molecule has 2 saturated heterocycles. The van der Waals surface area contributed by atoms with Crippen LogP contribution in [0.5, 0.6) is 0 Å². The van der Waals surface area contributed by atoms with Crippen LogP contribution in [-0.4, -0.2) is 19.2 Å². The summed E-state index contributed by atoms with van der Waals surface area (Å²) < 4.78 is 12.9. The van der Waals surface area contributed by atoms with E-state index in [0.717, 1.165) is 25.7 Å². The Balaban J connectivity index is 1.66. The van der Waals surface area contributed by atoms with Gasteiger partial charge in [-0.2, -0.15) is 0 Å². The second-order valence-corrected chi connectivity index (χ2v) is 10.3. The Kier molecular flexibility index (Phi) is 3.59. The van der Waals surface area contributed by atoms with Crippen molar-refractivity contribution in [1.29, 1.82) is 0 Å². The molecule has 17 heavy (non-hydrogen) atoms. The number of esters is 1. The molecule has 6 heteroatoms. The Labute approximate surface area is 123 Å². The third kappa shape index (κ3) is 2.46. The van der Waals surface area contributed by atoms with Gasteiger partial charge in [0.1, 0.15) is 0 Å². The summed E-state index contributed by atoms with van der Waals surface area (Å²) in [6, 6.07) is 0. The first-order valence-electron chi connectivity index (χ1n) is 6.24. The Morgan fingerprint density at radius 2 is 2.12 bits per heavy atom. The van der Waals surface area contributed by atoms with Crippen molar-refractivity contribution in [3.8, 4) is 0 Å². The molecule has 2 aliphatic heterocycles. The summed E-state index contributed by atoms with van der Waals surface area (Å²) in [6.07, 6.45) is 6.74. The first-order chi connectivity index (χ1) is 8.21. The first-order valence-corrected chi connectivity index (χ1v) is 10.7. The van der Waals surface area contributed by atoms with Crippen molar-refractivity contribution < 1.29 is 52.5 Å². The van der Waals surface area contributed by atoms with Crippen LogP contribution in [0.3, 0.4) is 0 Å². The van der Waals surface area contributed by atoms with Crippen LogP contribution in [0.25, 0.3) is 0 Å². The molecule has 0 aromatic heterocycles. The Morgan fingerprint density at radius 1 is 1.47 bits per heavy atom. The molecular weight excluding hydrogens is 446 g/mol. The summed E-state index contributed by atoms with van der Waals surface area (Å²) >= 11 is -0.0619. The fourth-order valence-corrected chi connectivity index (χ4v) is 8.50. The number of alkyl halides is 2. The molecular formula is C11H18I2N2O2-2. The maximum absolute atomic E-state index is 12.4. The first kappa shape index (κ1) is 12.9. The van der Waals surface area contributed by atoms with Crippen LogP contribution in [-0.2, 0) is 9.53 Å². The van der Waals surface area contributed by atoms with Gasteiger partial charge in [-0.3, -0.25) is 0 Å². The van der Waals surface area contributed by atoms with Gasteiger partial charge in [-0.05, 0) is 0 Å². The summed E-state index contributed by atoms with van der Waals surface area (Å²) in [5.74, 6) is 0.0651. The zero-order chi connectivity index (χ0) is 11.9. The number of halogens is 2. The molecule has 2 unspecified atom stereocenters. The van der Waals surface area contributed by atoms with Gasteiger partial charge in [-0.1, -0.05) is 0 Å². The summed E-state index contributed by atoms with van der Waals surface area (Å²) in [5.41, 5.74) is -0.111. The van der Waals surface area contributed by atoms with Crippen LogP contribution in [0.1, 0.15) is 45.4 Å². The molecule has 1 saturated carbocycles. The van der Waals surface area contributed by atoms with E-state index in [1.54, 1.807) is 0 Å². The molecule has 3 rings (SSSR count). The van der Waals surface area contributed by atoms with Gasteiger partial charge in [0, 0.05) is 0 Å². The van der Waals surface area contributed by atoms with E-state index in [1.165, 1.54) is 12.8 Å². The van der Waals surface area contributed by atoms with E-state index in [1.807, 2.05) is 0 Å². The number of rotatable bonds is 5. The number of ether oxygens (including phenoxy) is 1. The van der Waals surface area contributed by atoms with Gasteiger partial charge in [0.05, 0.1) is 0 Å². The molecule has 0 aromatic carbocycles. The molecule has 0 radical (unpaired) electrons. The van der Waals surface area contributed by atoms with Crippen molar-refractivity contribution in [2.45, 2.75) is 58.6 Å². The van der Waals surface area contributed by atoms with Crippen LogP contribution < -0.4 is 50.0 Å². The monoisotopic (exact) mass is 464 g/mol. The molecule has 100 valence electrons. The number of hydrogen-bond acceptors (Lipinski definition) is 4. The summed E-state index contributed by atoms with van der Waals surface area (Å²) in [5, 5.41) is 0. The van der Waals surface area contributed by atoms with Crippen molar-refractivity contribution in [2.75, 3.05) is 0 Å². The van der Waals surface area contributed by atoms with Crippen LogP contribution in [0.4, 0.5) is 0 Å². The van der Waals surface area contributed by atoms with Gasteiger partial charge < -0.3 is 0 Å². The van der Waals surface area contributed by atoms with Gasteiger partial charge in [0.25, 0.3) is 0 Å². The van der Waals surface area contributed by atoms with E-state index in [9.17, 15) is 4.79 Å². The van der Waals surface area contributed by atoms with Crippen molar-refractivity contribution in [3.63, 3.8) is 0 Å². The second kappa shape index (κ2) is 4.75. The number of hydrogen-bond donors (Lipinski definition) is 2. The van der Waals surface area contributed by atoms with Crippen molar-refractivity contribution in [3.05, 3.63) is 0 Å². The van der Waals surface area contributed by atoms with E-state index in [2.05, 4.69) is 14.0 Å². The quantitative estimate of drug-likeness (QED) is 0.107. The third-order valence-corrected chi connectivity index (χ3v) is 9.83. The van der Waals surface area contributed by atoms with E-state index >= 15 is 0 Å². The van der Waals surface area contributed by atoms with Gasteiger partial charge >= 0.3 is 124 Å². The fraction of sp³-hybridized carbons (Fsp3) is 0.909. The van der Waals surface area contributed by atoms with Crippen LogP contribution in [0.15, 0.2) is 0 Å². The zero-order valence-electron chi connectivity index (χ0n) is 9.89. The van der Waals surface area contributed by atoms with Crippen LogP contribution >= 0.6 is 0 Å². The van der Waals surface area contributed by atoms with Crippen molar-refractivity contribution >= 4 is 5.97 Å². The second-order valence-electron chi connectivity index (χ2n) is 5.01. The van der Waals surface area contributed by atoms with Crippen LogP contribution in [0.2, 0.25) is 0 Å². The van der Waals surface area contributed by atoms with Gasteiger partial charge in [-0.25, -0.2) is 0 Å². The molecule has 1 aliphatic carbocycles. The van der Waals surface area contributed by atoms with Crippen molar-refractivity contribution in [1.82, 2.24) is 7.06 Å². The molecule has 4 nitrogen and oxygen atoms in total. The molecule has 0 aromatic rings. The van der Waals surface area contributed by atoms with Gasteiger partial charge in [0.15, 0.2) is 0 Å². The third-order valence-electron chi connectivity index (χ3n) is 3.69. The van der Waals surface area contributed by atoms with E-state index in [-0.39, 0.29) is 58.1 Å². The normalized spacial score (nSPS) is 38.8. The van der Waals surface area contributed by atoms with E-state index in [4.69, 9.17) is 4.74 Å². The molecule has 0 spiro atoms. The predicted molar refractivity (Wildman–Crippen MR) is 55.0 cm³/mol. The number of carbonyl (C=O) groups excluding carboxylic acids is 1. The average Bonchev–Trinajstić information content (AvgIpc) is 3.18. The predicted octanol–water partition coefficient (Wildman–Crippen LogP) is -5.12. The summed E-state index contributed by atoms with van der Waals surface area (Å²) in [4.78, 5) is 12.4. The minimum atomic E-state index is -0.213. The van der Waals surface area contributed by atoms with Crippen molar-refractivity contribution in [2.24, 2.45) is 0 Å². The van der Waals surface area contributed by atoms with Gasteiger partial charge in [0.2, 0.25) is 0 Å². The standard InChI is InChI=1S/C11H18I2N2O2/c1-2-5-10(6-3-4-7-10)17-9(16)11(13-15-11)8-12-14-8/h8,14-15H,2-7H2,1H3/q-2. The Bertz CT molecular complexity index is 323. The zero-order valence-corrected chi connectivity index (χ0v) is 14.2. The number of carbonyl (C=O) groups is 1. The van der Waals surface area contributed by atoms with E-state index in [0.29, 0.717) is 4.05 Å². The molecule has 2 N–H and O–H groups in total. The molecule has 3 fully saturated rings. The molecule has 2 atom stereocenters. The summed E-state index contributed by atoms with van der Waals surface area (Å²) in [7, 11) is 0. The maximum atomic E-state index is 12.4. The van der Waals surface area contributed by atoms with Gasteiger partial charge in [-0.15, -0.1) is 0 Å². The Hall–Kier alpha value is 0.850.